The van der Waals surface area contributed by atoms with E-state index in [2.05, 4.69) is 28.1 Å². The maximum atomic E-state index is 13.7. The minimum atomic E-state index is -0.256. The first kappa shape index (κ1) is 22.7. The SMILES string of the molecule is Cc1c(-c2ccc3c(c2)OCCO3)cccc1-c1nnc(C(c2ccc(F)cc2)N2CCCCC2)o1. The van der Waals surface area contributed by atoms with Crippen molar-refractivity contribution in [2.24, 2.45) is 0 Å². The summed E-state index contributed by atoms with van der Waals surface area (Å²) in [6.07, 6.45) is 3.46. The highest BCUT2D eigenvalue weighted by Gasteiger charge is 2.29. The van der Waals surface area contributed by atoms with Crippen LogP contribution in [0.4, 0.5) is 4.39 Å². The third kappa shape index (κ3) is 4.35. The summed E-state index contributed by atoms with van der Waals surface area (Å²) in [5.74, 6) is 2.28. The van der Waals surface area contributed by atoms with Gasteiger partial charge in [0.25, 0.3) is 0 Å². The van der Waals surface area contributed by atoms with Crippen molar-refractivity contribution in [1.29, 1.82) is 0 Å². The zero-order valence-electron chi connectivity index (χ0n) is 20.2. The van der Waals surface area contributed by atoms with Crippen LogP contribution in [0.15, 0.2) is 65.1 Å². The van der Waals surface area contributed by atoms with Gasteiger partial charge in [-0.05, 0) is 85.4 Å². The summed E-state index contributed by atoms with van der Waals surface area (Å²) in [5, 5.41) is 8.93. The first-order valence-electron chi connectivity index (χ1n) is 12.5. The molecule has 0 bridgehead atoms. The van der Waals surface area contributed by atoms with Gasteiger partial charge in [-0.15, -0.1) is 10.2 Å². The molecule has 0 amide bonds. The number of likely N-dealkylation sites (tertiary alicyclic amines) is 1. The van der Waals surface area contributed by atoms with Crippen LogP contribution in [0, 0.1) is 12.7 Å². The van der Waals surface area contributed by atoms with Gasteiger partial charge in [0.1, 0.15) is 25.1 Å². The van der Waals surface area contributed by atoms with E-state index in [-0.39, 0.29) is 11.9 Å². The van der Waals surface area contributed by atoms with Gasteiger partial charge < -0.3 is 13.9 Å². The molecule has 0 spiro atoms. The molecule has 1 atom stereocenters. The molecule has 7 heteroatoms. The molecule has 0 radical (unpaired) electrons. The summed E-state index contributed by atoms with van der Waals surface area (Å²) >= 11 is 0. The summed E-state index contributed by atoms with van der Waals surface area (Å²) in [6.45, 7) is 5.06. The van der Waals surface area contributed by atoms with Crippen molar-refractivity contribution >= 4 is 0 Å². The standard InChI is InChI=1S/C29H28FN3O3/c1-19-23(21-10-13-25-26(18-21)35-17-16-34-25)6-5-7-24(19)28-31-32-29(36-28)27(33-14-3-2-4-15-33)20-8-11-22(30)12-9-20/h5-13,18,27H,2-4,14-17H2,1H3. The maximum absolute atomic E-state index is 13.7. The van der Waals surface area contributed by atoms with Gasteiger partial charge in [0.2, 0.25) is 11.8 Å². The van der Waals surface area contributed by atoms with Crippen molar-refractivity contribution < 1.29 is 18.3 Å². The van der Waals surface area contributed by atoms with Crippen molar-refractivity contribution in [3.8, 4) is 34.1 Å². The monoisotopic (exact) mass is 485 g/mol. The number of ether oxygens (including phenoxy) is 2. The number of piperidine rings is 1. The highest BCUT2D eigenvalue weighted by atomic mass is 19.1. The smallest absolute Gasteiger partial charge is 0.248 e. The maximum Gasteiger partial charge on any atom is 0.248 e. The summed E-state index contributed by atoms with van der Waals surface area (Å²) < 4.78 is 31.4. The average Bonchev–Trinajstić information content (AvgIpc) is 3.40. The lowest BCUT2D eigenvalue weighted by Crippen LogP contribution is -2.34. The number of benzene rings is 3. The van der Waals surface area contributed by atoms with E-state index in [4.69, 9.17) is 13.9 Å². The van der Waals surface area contributed by atoms with E-state index in [1.54, 1.807) is 0 Å². The minimum absolute atomic E-state index is 0.201. The van der Waals surface area contributed by atoms with Gasteiger partial charge in [-0.25, -0.2) is 4.39 Å². The van der Waals surface area contributed by atoms with Crippen molar-refractivity contribution in [1.82, 2.24) is 15.1 Å². The Hall–Kier alpha value is -3.71. The van der Waals surface area contributed by atoms with Crippen LogP contribution in [0.3, 0.4) is 0 Å². The fraction of sp³-hybridized carbons (Fsp3) is 0.310. The number of nitrogens with zero attached hydrogens (tertiary/aromatic N) is 3. The molecule has 0 N–H and O–H groups in total. The van der Waals surface area contributed by atoms with Crippen LogP contribution < -0.4 is 9.47 Å². The Morgan fingerprint density at radius 2 is 1.58 bits per heavy atom. The Labute approximate surface area is 209 Å². The summed E-state index contributed by atoms with van der Waals surface area (Å²) in [7, 11) is 0. The van der Waals surface area contributed by atoms with Gasteiger partial charge in [0, 0.05) is 5.56 Å². The van der Waals surface area contributed by atoms with E-state index in [0.29, 0.717) is 25.0 Å². The van der Waals surface area contributed by atoms with Crippen LogP contribution in [0.2, 0.25) is 0 Å². The first-order chi connectivity index (χ1) is 17.7. The summed E-state index contributed by atoms with van der Waals surface area (Å²) in [6, 6.07) is 18.5. The van der Waals surface area contributed by atoms with Crippen LogP contribution in [-0.4, -0.2) is 41.4 Å². The second kappa shape index (κ2) is 9.74. The lowest BCUT2D eigenvalue weighted by Gasteiger charge is -2.32. The number of aromatic nitrogens is 2. The molecule has 0 aliphatic carbocycles. The lowest BCUT2D eigenvalue weighted by atomic mass is 9.96. The second-order valence-corrected chi connectivity index (χ2v) is 9.33. The Morgan fingerprint density at radius 1 is 0.833 bits per heavy atom. The fourth-order valence-electron chi connectivity index (χ4n) is 5.18. The van der Waals surface area contributed by atoms with Crippen LogP contribution >= 0.6 is 0 Å². The van der Waals surface area contributed by atoms with Crippen molar-refractivity contribution in [2.75, 3.05) is 26.3 Å². The van der Waals surface area contributed by atoms with Crippen molar-refractivity contribution in [2.45, 2.75) is 32.2 Å². The van der Waals surface area contributed by atoms with Gasteiger partial charge in [0.15, 0.2) is 11.5 Å². The molecule has 2 aliphatic rings. The molecule has 6 rings (SSSR count). The number of hydrogen-bond acceptors (Lipinski definition) is 6. The predicted octanol–water partition coefficient (Wildman–Crippen LogP) is 6.20. The molecular weight excluding hydrogens is 457 g/mol. The minimum Gasteiger partial charge on any atom is -0.486 e. The molecule has 1 unspecified atom stereocenters. The first-order valence-corrected chi connectivity index (χ1v) is 12.5. The third-order valence-corrected chi connectivity index (χ3v) is 7.03. The molecular formula is C29H28FN3O3. The van der Waals surface area contributed by atoms with Crippen molar-refractivity contribution in [3.05, 3.63) is 83.5 Å². The van der Waals surface area contributed by atoms with Gasteiger partial charge in [-0.1, -0.05) is 36.8 Å². The van der Waals surface area contributed by atoms with Crippen LogP contribution in [0.25, 0.3) is 22.6 Å². The predicted molar refractivity (Wildman–Crippen MR) is 135 cm³/mol. The number of fused-ring (bicyclic) bond motifs is 1. The second-order valence-electron chi connectivity index (χ2n) is 9.33. The Morgan fingerprint density at radius 3 is 2.39 bits per heavy atom. The van der Waals surface area contributed by atoms with Gasteiger partial charge in [0.05, 0.1) is 0 Å². The average molecular weight is 486 g/mol. The van der Waals surface area contributed by atoms with Crippen LogP contribution in [0.1, 0.15) is 42.3 Å². The quantitative estimate of drug-likeness (QED) is 0.336. The molecule has 4 aromatic rings. The fourth-order valence-corrected chi connectivity index (χ4v) is 5.18. The molecule has 0 saturated carbocycles. The van der Waals surface area contributed by atoms with E-state index in [0.717, 1.165) is 65.2 Å². The highest BCUT2D eigenvalue weighted by molar-refractivity contribution is 5.76. The molecule has 36 heavy (non-hydrogen) atoms. The van der Waals surface area contributed by atoms with Gasteiger partial charge in [-0.2, -0.15) is 0 Å². The number of hydrogen-bond donors (Lipinski definition) is 0. The molecule has 1 saturated heterocycles. The normalized spacial score (nSPS) is 16.6. The molecule has 1 aromatic heterocycles. The Kier molecular flexibility index (Phi) is 6.15. The highest BCUT2D eigenvalue weighted by Crippen LogP contribution is 2.38. The Balaban J connectivity index is 1.36. The topological polar surface area (TPSA) is 60.6 Å². The van der Waals surface area contributed by atoms with Gasteiger partial charge in [-0.3, -0.25) is 4.90 Å². The summed E-state index contributed by atoms with van der Waals surface area (Å²) in [4.78, 5) is 2.35. The molecule has 1 fully saturated rings. The summed E-state index contributed by atoms with van der Waals surface area (Å²) in [5.41, 5.74) is 4.99. The molecule has 3 aromatic carbocycles. The van der Waals surface area contributed by atoms with E-state index in [1.807, 2.05) is 42.5 Å². The Bertz CT molecular complexity index is 1360. The third-order valence-electron chi connectivity index (χ3n) is 7.03. The van der Waals surface area contributed by atoms with Gasteiger partial charge >= 0.3 is 0 Å². The van der Waals surface area contributed by atoms with E-state index in [9.17, 15) is 4.39 Å². The van der Waals surface area contributed by atoms with Crippen molar-refractivity contribution in [3.63, 3.8) is 0 Å². The van der Waals surface area contributed by atoms with Crippen LogP contribution in [0.5, 0.6) is 11.5 Å². The number of rotatable bonds is 5. The number of halogens is 1. The largest absolute Gasteiger partial charge is 0.486 e. The lowest BCUT2D eigenvalue weighted by molar-refractivity contribution is 0.166. The van der Waals surface area contributed by atoms with E-state index >= 15 is 0 Å². The zero-order valence-corrected chi connectivity index (χ0v) is 20.2. The zero-order chi connectivity index (χ0) is 24.5. The molecule has 184 valence electrons. The van der Waals surface area contributed by atoms with E-state index in [1.165, 1.54) is 18.6 Å². The van der Waals surface area contributed by atoms with Crippen LogP contribution in [-0.2, 0) is 0 Å². The molecule has 3 heterocycles. The molecule has 6 nitrogen and oxygen atoms in total. The molecule has 2 aliphatic heterocycles. The van der Waals surface area contributed by atoms with E-state index < -0.39 is 0 Å².